The third-order valence-electron chi connectivity index (χ3n) is 4.81. The monoisotopic (exact) mass is 229 g/mol. The van der Waals surface area contributed by atoms with E-state index in [0.29, 0.717) is 0 Å². The van der Waals surface area contributed by atoms with Gasteiger partial charge in [-0.05, 0) is 42.7 Å². The maximum atomic E-state index is 6.55. The minimum absolute atomic E-state index is 0.0314. The quantitative estimate of drug-likeness (QED) is 0.812. The molecular formula is C16H23N. The highest BCUT2D eigenvalue weighted by Gasteiger charge is 2.29. The fourth-order valence-corrected chi connectivity index (χ4v) is 3.30. The lowest BCUT2D eigenvalue weighted by Gasteiger charge is -2.34. The standard InChI is InChI=1S/C16H23N/c17-16(11-2-1-3-12-16)15-9-7-14(8-10-15)13-5-4-6-13/h7-10,13H,1-6,11-12,17H2. The van der Waals surface area contributed by atoms with E-state index >= 15 is 0 Å². The summed E-state index contributed by atoms with van der Waals surface area (Å²) in [5.74, 6) is 0.837. The van der Waals surface area contributed by atoms with Crippen LogP contribution in [0.3, 0.4) is 0 Å². The highest BCUT2D eigenvalue weighted by atomic mass is 14.7. The predicted molar refractivity (Wildman–Crippen MR) is 72.0 cm³/mol. The molecule has 3 rings (SSSR count). The van der Waals surface area contributed by atoms with E-state index in [1.807, 2.05) is 0 Å². The Kier molecular flexibility index (Phi) is 2.96. The molecule has 0 radical (unpaired) electrons. The summed E-state index contributed by atoms with van der Waals surface area (Å²) >= 11 is 0. The van der Waals surface area contributed by atoms with Crippen molar-refractivity contribution in [1.29, 1.82) is 0 Å². The van der Waals surface area contributed by atoms with Gasteiger partial charge < -0.3 is 5.73 Å². The van der Waals surface area contributed by atoms with E-state index in [-0.39, 0.29) is 5.54 Å². The second-order valence-electron chi connectivity index (χ2n) is 5.97. The number of hydrogen-bond donors (Lipinski definition) is 1. The summed E-state index contributed by atoms with van der Waals surface area (Å²) < 4.78 is 0. The van der Waals surface area contributed by atoms with Crippen molar-refractivity contribution in [3.8, 4) is 0 Å². The van der Waals surface area contributed by atoms with Crippen molar-refractivity contribution < 1.29 is 0 Å². The van der Waals surface area contributed by atoms with Crippen LogP contribution in [0.1, 0.15) is 68.4 Å². The van der Waals surface area contributed by atoms with E-state index in [9.17, 15) is 0 Å². The first kappa shape index (κ1) is 11.3. The van der Waals surface area contributed by atoms with Crippen molar-refractivity contribution >= 4 is 0 Å². The van der Waals surface area contributed by atoms with Gasteiger partial charge in [-0.2, -0.15) is 0 Å². The lowest BCUT2D eigenvalue weighted by molar-refractivity contribution is 0.302. The molecule has 0 bridgehead atoms. The van der Waals surface area contributed by atoms with Crippen LogP contribution < -0.4 is 5.73 Å². The van der Waals surface area contributed by atoms with Crippen LogP contribution in [0.5, 0.6) is 0 Å². The molecule has 2 N–H and O–H groups in total. The van der Waals surface area contributed by atoms with Gasteiger partial charge in [0.15, 0.2) is 0 Å². The maximum absolute atomic E-state index is 6.55. The molecule has 2 aliphatic rings. The first-order valence-electron chi connectivity index (χ1n) is 7.17. The molecule has 1 heteroatoms. The Morgan fingerprint density at radius 1 is 0.882 bits per heavy atom. The van der Waals surface area contributed by atoms with Crippen LogP contribution in [0.2, 0.25) is 0 Å². The molecule has 92 valence electrons. The minimum Gasteiger partial charge on any atom is -0.321 e. The average molecular weight is 229 g/mol. The van der Waals surface area contributed by atoms with Gasteiger partial charge >= 0.3 is 0 Å². The van der Waals surface area contributed by atoms with E-state index in [4.69, 9.17) is 5.73 Å². The number of nitrogens with two attached hydrogens (primary N) is 1. The second kappa shape index (κ2) is 4.45. The Hall–Kier alpha value is -0.820. The summed E-state index contributed by atoms with van der Waals surface area (Å²) in [7, 11) is 0. The zero-order valence-electron chi connectivity index (χ0n) is 10.6. The van der Waals surface area contributed by atoms with Crippen LogP contribution in [0, 0.1) is 0 Å². The molecule has 2 saturated carbocycles. The summed E-state index contributed by atoms with van der Waals surface area (Å²) in [6.45, 7) is 0. The fourth-order valence-electron chi connectivity index (χ4n) is 3.30. The Balaban J connectivity index is 1.78. The molecule has 0 amide bonds. The summed E-state index contributed by atoms with van der Waals surface area (Å²) in [5, 5.41) is 0. The normalized spacial score (nSPS) is 24.3. The van der Waals surface area contributed by atoms with Gasteiger partial charge in [0.25, 0.3) is 0 Å². The number of benzene rings is 1. The Morgan fingerprint density at radius 2 is 1.53 bits per heavy atom. The van der Waals surface area contributed by atoms with Gasteiger partial charge in [-0.3, -0.25) is 0 Å². The van der Waals surface area contributed by atoms with Crippen molar-refractivity contribution in [1.82, 2.24) is 0 Å². The smallest absolute Gasteiger partial charge is 0.0409 e. The Labute approximate surface area is 104 Å². The lowest BCUT2D eigenvalue weighted by Crippen LogP contribution is -2.38. The van der Waals surface area contributed by atoms with Gasteiger partial charge in [-0.15, -0.1) is 0 Å². The Bertz CT molecular complexity index is 369. The van der Waals surface area contributed by atoms with Gasteiger partial charge in [-0.1, -0.05) is 49.9 Å². The average Bonchev–Trinajstić information content (AvgIpc) is 2.28. The molecule has 0 saturated heterocycles. The molecular weight excluding hydrogens is 206 g/mol. The molecule has 0 spiro atoms. The van der Waals surface area contributed by atoms with E-state index < -0.39 is 0 Å². The highest BCUT2D eigenvalue weighted by molar-refractivity contribution is 5.31. The van der Waals surface area contributed by atoms with Crippen molar-refractivity contribution in [3.63, 3.8) is 0 Å². The van der Waals surface area contributed by atoms with Crippen LogP contribution in [0.25, 0.3) is 0 Å². The van der Waals surface area contributed by atoms with Gasteiger partial charge in [0.1, 0.15) is 0 Å². The van der Waals surface area contributed by atoms with Crippen LogP contribution >= 0.6 is 0 Å². The summed E-state index contributed by atoms with van der Waals surface area (Å²) in [4.78, 5) is 0. The van der Waals surface area contributed by atoms with Crippen LogP contribution in [0.15, 0.2) is 24.3 Å². The molecule has 0 unspecified atom stereocenters. The van der Waals surface area contributed by atoms with Crippen molar-refractivity contribution in [2.75, 3.05) is 0 Å². The largest absolute Gasteiger partial charge is 0.321 e. The van der Waals surface area contributed by atoms with Crippen LogP contribution in [-0.4, -0.2) is 0 Å². The molecule has 1 aromatic carbocycles. The topological polar surface area (TPSA) is 26.0 Å². The molecule has 0 atom stereocenters. The van der Waals surface area contributed by atoms with Crippen molar-refractivity contribution in [3.05, 3.63) is 35.4 Å². The molecule has 2 fully saturated rings. The molecule has 0 heterocycles. The zero-order chi connectivity index (χ0) is 11.7. The number of hydrogen-bond acceptors (Lipinski definition) is 1. The van der Waals surface area contributed by atoms with Gasteiger partial charge in [0, 0.05) is 5.54 Å². The van der Waals surface area contributed by atoms with E-state index in [2.05, 4.69) is 24.3 Å². The van der Waals surface area contributed by atoms with E-state index in [1.165, 1.54) is 49.7 Å². The third-order valence-corrected chi connectivity index (χ3v) is 4.81. The first-order valence-corrected chi connectivity index (χ1v) is 7.17. The van der Waals surface area contributed by atoms with Crippen molar-refractivity contribution in [2.45, 2.75) is 62.8 Å². The molecule has 0 aliphatic heterocycles. The third kappa shape index (κ3) is 2.13. The molecule has 1 aromatic rings. The Morgan fingerprint density at radius 3 is 2.06 bits per heavy atom. The molecule has 17 heavy (non-hydrogen) atoms. The molecule has 0 aromatic heterocycles. The van der Waals surface area contributed by atoms with E-state index in [0.717, 1.165) is 18.8 Å². The molecule has 1 nitrogen and oxygen atoms in total. The summed E-state index contributed by atoms with van der Waals surface area (Å²) in [6, 6.07) is 9.22. The van der Waals surface area contributed by atoms with Gasteiger partial charge in [0.2, 0.25) is 0 Å². The highest BCUT2D eigenvalue weighted by Crippen LogP contribution is 2.38. The predicted octanol–water partition coefficient (Wildman–Crippen LogP) is 4.07. The van der Waals surface area contributed by atoms with Crippen LogP contribution in [0.4, 0.5) is 0 Å². The minimum atomic E-state index is -0.0314. The fraction of sp³-hybridized carbons (Fsp3) is 0.625. The van der Waals surface area contributed by atoms with Crippen molar-refractivity contribution in [2.24, 2.45) is 5.73 Å². The second-order valence-corrected chi connectivity index (χ2v) is 5.97. The zero-order valence-corrected chi connectivity index (χ0v) is 10.6. The van der Waals surface area contributed by atoms with Crippen LogP contribution in [-0.2, 0) is 5.54 Å². The lowest BCUT2D eigenvalue weighted by atomic mass is 9.75. The molecule has 2 aliphatic carbocycles. The van der Waals surface area contributed by atoms with Gasteiger partial charge in [-0.25, -0.2) is 0 Å². The van der Waals surface area contributed by atoms with E-state index in [1.54, 1.807) is 0 Å². The number of rotatable bonds is 2. The summed E-state index contributed by atoms with van der Waals surface area (Å²) in [6.07, 6.45) is 10.4. The first-order chi connectivity index (χ1) is 8.28. The summed E-state index contributed by atoms with van der Waals surface area (Å²) in [5.41, 5.74) is 9.41. The SMILES string of the molecule is NC1(c2ccc(C3CCC3)cc2)CCCCC1. The van der Waals surface area contributed by atoms with Gasteiger partial charge in [0.05, 0.1) is 0 Å². The maximum Gasteiger partial charge on any atom is 0.0409 e.